The molecule has 0 amide bonds. The number of carbonyl (C=O) groups is 1. The smallest absolute Gasteiger partial charge is 0.335 e. The van der Waals surface area contributed by atoms with Crippen LogP contribution in [0, 0.1) is 0 Å². The molecule has 1 aliphatic heterocycles. The predicted molar refractivity (Wildman–Crippen MR) is 92.5 cm³/mol. The van der Waals surface area contributed by atoms with Gasteiger partial charge in [0.2, 0.25) is 11.7 Å². The van der Waals surface area contributed by atoms with Crippen LogP contribution in [0.25, 0.3) is 11.5 Å². The van der Waals surface area contributed by atoms with E-state index in [1.807, 2.05) is 4.90 Å². The van der Waals surface area contributed by atoms with Crippen LogP contribution < -0.4 is 0 Å². The highest BCUT2D eigenvalue weighted by Crippen LogP contribution is 2.33. The highest BCUT2D eigenvalue weighted by atomic mass is 16.5. The molecule has 2 aromatic heterocycles. The number of rotatable bonds is 5. The lowest BCUT2D eigenvalue weighted by Gasteiger charge is -2.21. The first-order valence-electron chi connectivity index (χ1n) is 8.44. The SMILES string of the molecule is O=C(O)c1ccc(CN2CC(O)CC2c2nc(-c3cnccn3)no2)cc1. The molecule has 2 N–H and O–H groups in total. The van der Waals surface area contributed by atoms with Crippen molar-refractivity contribution in [2.24, 2.45) is 0 Å². The zero-order valence-corrected chi connectivity index (χ0v) is 14.3. The molecule has 9 nitrogen and oxygen atoms in total. The number of carboxylic acids is 1. The van der Waals surface area contributed by atoms with Gasteiger partial charge >= 0.3 is 5.97 Å². The third-order valence-electron chi connectivity index (χ3n) is 4.49. The molecular weight excluding hydrogens is 350 g/mol. The highest BCUT2D eigenvalue weighted by molar-refractivity contribution is 5.87. The van der Waals surface area contributed by atoms with Gasteiger partial charge in [0.25, 0.3) is 0 Å². The van der Waals surface area contributed by atoms with Crippen molar-refractivity contribution in [1.29, 1.82) is 0 Å². The Morgan fingerprint density at radius 1 is 1.26 bits per heavy atom. The molecule has 2 unspecified atom stereocenters. The lowest BCUT2D eigenvalue weighted by molar-refractivity contribution is 0.0697. The number of aromatic carboxylic acids is 1. The predicted octanol–water partition coefficient (Wildman–Crippen LogP) is 1.53. The van der Waals surface area contributed by atoms with Crippen molar-refractivity contribution >= 4 is 5.97 Å². The van der Waals surface area contributed by atoms with Crippen LogP contribution in [0.3, 0.4) is 0 Å². The maximum Gasteiger partial charge on any atom is 0.335 e. The molecule has 3 heterocycles. The molecule has 1 aromatic carbocycles. The second-order valence-electron chi connectivity index (χ2n) is 6.38. The Labute approximate surface area is 154 Å². The van der Waals surface area contributed by atoms with Crippen molar-refractivity contribution in [1.82, 2.24) is 25.0 Å². The largest absolute Gasteiger partial charge is 0.478 e. The molecule has 0 aliphatic carbocycles. The molecule has 3 aromatic rings. The Bertz CT molecular complexity index is 928. The summed E-state index contributed by atoms with van der Waals surface area (Å²) in [5, 5.41) is 23.1. The maximum atomic E-state index is 11.0. The number of hydrogen-bond acceptors (Lipinski definition) is 8. The summed E-state index contributed by atoms with van der Waals surface area (Å²) in [5.41, 5.74) is 1.69. The summed E-state index contributed by atoms with van der Waals surface area (Å²) in [5.74, 6) is -0.196. The number of aromatic nitrogens is 4. The van der Waals surface area contributed by atoms with Crippen molar-refractivity contribution in [2.75, 3.05) is 6.54 Å². The Morgan fingerprint density at radius 3 is 2.78 bits per heavy atom. The summed E-state index contributed by atoms with van der Waals surface area (Å²) in [7, 11) is 0. The molecule has 27 heavy (non-hydrogen) atoms. The van der Waals surface area contributed by atoms with Crippen LogP contribution in [-0.4, -0.2) is 53.8 Å². The van der Waals surface area contributed by atoms with Crippen molar-refractivity contribution in [3.63, 3.8) is 0 Å². The number of β-amino-alcohol motifs (C(OH)–C–C–N with tert-alkyl or cyclic N) is 1. The summed E-state index contributed by atoms with van der Waals surface area (Å²) in [4.78, 5) is 25.6. The minimum atomic E-state index is -0.960. The van der Waals surface area contributed by atoms with Gasteiger partial charge in [-0.15, -0.1) is 0 Å². The first-order chi connectivity index (χ1) is 13.1. The molecule has 0 spiro atoms. The van der Waals surface area contributed by atoms with E-state index in [1.165, 1.54) is 0 Å². The fourth-order valence-electron chi connectivity index (χ4n) is 3.19. The van der Waals surface area contributed by atoms with Gasteiger partial charge < -0.3 is 14.7 Å². The number of aliphatic hydroxyl groups excluding tert-OH is 1. The number of benzene rings is 1. The summed E-state index contributed by atoms with van der Waals surface area (Å²) >= 11 is 0. The maximum absolute atomic E-state index is 11.0. The van der Waals surface area contributed by atoms with Crippen molar-refractivity contribution in [3.8, 4) is 11.5 Å². The van der Waals surface area contributed by atoms with E-state index in [2.05, 4.69) is 20.1 Å². The van der Waals surface area contributed by atoms with E-state index >= 15 is 0 Å². The normalized spacial score (nSPS) is 20.0. The minimum Gasteiger partial charge on any atom is -0.478 e. The average molecular weight is 367 g/mol. The molecule has 2 atom stereocenters. The van der Waals surface area contributed by atoms with Gasteiger partial charge in [-0.1, -0.05) is 17.3 Å². The zero-order chi connectivity index (χ0) is 18.8. The fraction of sp³-hybridized carbons (Fsp3) is 0.278. The molecule has 4 rings (SSSR count). The summed E-state index contributed by atoms with van der Waals surface area (Å²) in [6, 6.07) is 6.45. The Balaban J connectivity index is 1.53. The monoisotopic (exact) mass is 367 g/mol. The molecular formula is C18H17N5O4. The molecule has 9 heteroatoms. The van der Waals surface area contributed by atoms with Crippen LogP contribution in [0.4, 0.5) is 0 Å². The van der Waals surface area contributed by atoms with Crippen LogP contribution in [0.2, 0.25) is 0 Å². The van der Waals surface area contributed by atoms with E-state index < -0.39 is 12.1 Å². The number of nitrogens with zero attached hydrogens (tertiary/aromatic N) is 5. The molecule has 0 radical (unpaired) electrons. The minimum absolute atomic E-state index is 0.225. The average Bonchev–Trinajstić information content (AvgIpc) is 3.29. The van der Waals surface area contributed by atoms with Gasteiger partial charge in [-0.05, 0) is 24.1 Å². The third-order valence-corrected chi connectivity index (χ3v) is 4.49. The standard InChI is InChI=1S/C18H17N5O4/c24-13-7-15(17-21-16(22-27-17)14-8-19-5-6-20-14)23(10-13)9-11-1-3-12(4-2-11)18(25)26/h1-6,8,13,15,24H,7,9-10H2,(H,25,26). The van der Waals surface area contributed by atoms with Crippen LogP contribution in [-0.2, 0) is 6.54 Å². The van der Waals surface area contributed by atoms with E-state index in [9.17, 15) is 9.90 Å². The lowest BCUT2D eigenvalue weighted by Crippen LogP contribution is -2.24. The Morgan fingerprint density at radius 2 is 2.07 bits per heavy atom. The molecule has 138 valence electrons. The van der Waals surface area contributed by atoms with Crippen molar-refractivity contribution < 1.29 is 19.5 Å². The van der Waals surface area contributed by atoms with Crippen LogP contribution >= 0.6 is 0 Å². The summed E-state index contributed by atoms with van der Waals surface area (Å²) < 4.78 is 5.41. The van der Waals surface area contributed by atoms with Gasteiger partial charge in [0, 0.05) is 25.5 Å². The van der Waals surface area contributed by atoms with E-state index in [0.29, 0.717) is 36.9 Å². The third kappa shape index (κ3) is 3.69. The Hall–Kier alpha value is -3.17. The van der Waals surface area contributed by atoms with Gasteiger partial charge in [-0.3, -0.25) is 9.88 Å². The lowest BCUT2D eigenvalue weighted by atomic mass is 10.1. The quantitative estimate of drug-likeness (QED) is 0.690. The van der Waals surface area contributed by atoms with Crippen molar-refractivity contribution in [3.05, 3.63) is 59.9 Å². The van der Waals surface area contributed by atoms with Crippen LogP contribution in [0.15, 0.2) is 47.4 Å². The van der Waals surface area contributed by atoms with Gasteiger partial charge in [0.15, 0.2) is 0 Å². The van der Waals surface area contributed by atoms with E-state index in [0.717, 1.165) is 5.56 Å². The first kappa shape index (κ1) is 17.3. The van der Waals surface area contributed by atoms with Crippen LogP contribution in [0.5, 0.6) is 0 Å². The summed E-state index contributed by atoms with van der Waals surface area (Å²) in [6.45, 7) is 0.999. The topological polar surface area (TPSA) is 125 Å². The molecule has 0 bridgehead atoms. The zero-order valence-electron chi connectivity index (χ0n) is 14.3. The number of aliphatic hydroxyl groups is 1. The van der Waals surface area contributed by atoms with Gasteiger partial charge in [-0.25, -0.2) is 9.78 Å². The van der Waals surface area contributed by atoms with E-state index in [-0.39, 0.29) is 11.6 Å². The first-order valence-corrected chi connectivity index (χ1v) is 8.44. The number of hydrogen-bond donors (Lipinski definition) is 2. The van der Waals surface area contributed by atoms with E-state index in [1.54, 1.807) is 42.9 Å². The van der Waals surface area contributed by atoms with Gasteiger partial charge in [0.05, 0.1) is 23.9 Å². The molecule has 0 saturated carbocycles. The Kier molecular flexibility index (Phi) is 4.61. The highest BCUT2D eigenvalue weighted by Gasteiger charge is 2.36. The molecule has 1 fully saturated rings. The molecule has 1 saturated heterocycles. The van der Waals surface area contributed by atoms with Crippen LogP contribution in [0.1, 0.15) is 34.3 Å². The number of carboxylic acid groups (broad SMARTS) is 1. The second-order valence-corrected chi connectivity index (χ2v) is 6.38. The summed E-state index contributed by atoms with van der Waals surface area (Å²) in [6.07, 6.45) is 4.66. The van der Waals surface area contributed by atoms with E-state index in [4.69, 9.17) is 9.63 Å². The molecule has 1 aliphatic rings. The fourth-order valence-corrected chi connectivity index (χ4v) is 3.19. The van der Waals surface area contributed by atoms with Gasteiger partial charge in [-0.2, -0.15) is 4.98 Å². The van der Waals surface area contributed by atoms with Gasteiger partial charge in [0.1, 0.15) is 5.69 Å². The van der Waals surface area contributed by atoms with Crippen molar-refractivity contribution in [2.45, 2.75) is 25.1 Å². The number of likely N-dealkylation sites (tertiary alicyclic amines) is 1. The second kappa shape index (κ2) is 7.22.